The van der Waals surface area contributed by atoms with Crippen molar-refractivity contribution in [1.29, 1.82) is 0 Å². The summed E-state index contributed by atoms with van der Waals surface area (Å²) in [6.45, 7) is 5.27. The van der Waals surface area contributed by atoms with Crippen LogP contribution in [0, 0.1) is 11.8 Å². The van der Waals surface area contributed by atoms with Crippen molar-refractivity contribution in [3.8, 4) is 57.5 Å². The van der Waals surface area contributed by atoms with Gasteiger partial charge in [-0.25, -0.2) is 0 Å². The van der Waals surface area contributed by atoms with Gasteiger partial charge in [0, 0.05) is 24.3 Å². The number of hydrogen-bond donors (Lipinski definition) is 3. The first-order chi connectivity index (χ1) is 27.9. The maximum atomic E-state index is 12.7. The zero-order chi connectivity index (χ0) is 42.8. The number of esters is 1. The number of carbonyl (C=O) groups is 4. The first-order valence-electron chi connectivity index (χ1n) is 18.1. The predicted molar refractivity (Wildman–Crippen MR) is 216 cm³/mol. The van der Waals surface area contributed by atoms with Gasteiger partial charge in [-0.1, -0.05) is 13.8 Å². The Kier molecular flexibility index (Phi) is 22.4. The molecule has 2 unspecified atom stereocenters. The van der Waals surface area contributed by atoms with Crippen molar-refractivity contribution in [2.24, 2.45) is 11.8 Å². The van der Waals surface area contributed by atoms with Gasteiger partial charge in [0.05, 0.1) is 60.6 Å². The number of carboxylic acids is 1. The summed E-state index contributed by atoms with van der Waals surface area (Å²) in [6.07, 6.45) is 0.470. The van der Waals surface area contributed by atoms with Crippen LogP contribution in [0.4, 0.5) is 11.4 Å². The molecule has 4 N–H and O–H groups in total. The van der Waals surface area contributed by atoms with E-state index in [0.717, 1.165) is 0 Å². The van der Waals surface area contributed by atoms with Crippen molar-refractivity contribution in [3.05, 3.63) is 72.8 Å². The van der Waals surface area contributed by atoms with Crippen molar-refractivity contribution in [2.75, 3.05) is 59.9 Å². The topological polar surface area (TPSA) is 226 Å². The molecule has 0 fully saturated rings. The molecular formula is C42H51LiN2O15. The number of amides is 2. The van der Waals surface area contributed by atoms with E-state index in [1.165, 1.54) is 35.5 Å². The van der Waals surface area contributed by atoms with Gasteiger partial charge >= 0.3 is 30.8 Å². The fourth-order valence-electron chi connectivity index (χ4n) is 5.21. The third-order valence-corrected chi connectivity index (χ3v) is 8.39. The van der Waals surface area contributed by atoms with Crippen LogP contribution in [0.2, 0.25) is 0 Å². The predicted octanol–water partition coefficient (Wildman–Crippen LogP) is 4.41. The number of hydrogen-bond acceptors (Lipinski definition) is 14. The molecule has 0 aliphatic carbocycles. The summed E-state index contributed by atoms with van der Waals surface area (Å²) in [5.41, 5.74) is 0.670. The summed E-state index contributed by atoms with van der Waals surface area (Å²) < 4.78 is 48.6. The quantitative estimate of drug-likeness (QED) is 0.0676. The van der Waals surface area contributed by atoms with Gasteiger partial charge in [0.15, 0.2) is 34.5 Å². The number of carboxylic acid groups (broad SMARTS) is 1. The van der Waals surface area contributed by atoms with Crippen LogP contribution in [-0.2, 0) is 23.9 Å². The summed E-state index contributed by atoms with van der Waals surface area (Å²) in [6, 6.07) is 19.9. The van der Waals surface area contributed by atoms with Gasteiger partial charge in [-0.2, -0.15) is 0 Å². The van der Waals surface area contributed by atoms with E-state index in [2.05, 4.69) is 10.6 Å². The smallest absolute Gasteiger partial charge is 0.870 e. The molecule has 0 saturated heterocycles. The van der Waals surface area contributed by atoms with E-state index in [4.69, 9.17) is 42.6 Å². The van der Waals surface area contributed by atoms with Gasteiger partial charge in [-0.3, -0.25) is 19.2 Å². The number of aliphatic carboxylic acids is 1. The maximum Gasteiger partial charge on any atom is 1.00 e. The van der Waals surface area contributed by atoms with Crippen LogP contribution in [0.1, 0.15) is 33.6 Å². The molecule has 320 valence electrons. The van der Waals surface area contributed by atoms with Gasteiger partial charge in [0.2, 0.25) is 11.8 Å². The Hall–Kier alpha value is -6.28. The second kappa shape index (κ2) is 25.9. The molecule has 17 nitrogen and oxygen atoms in total. The van der Waals surface area contributed by atoms with E-state index in [-0.39, 0.29) is 43.1 Å². The van der Waals surface area contributed by atoms with E-state index in [9.17, 15) is 24.3 Å². The molecule has 4 aromatic rings. The third-order valence-electron chi connectivity index (χ3n) is 8.39. The number of carbonyl (C=O) groups excluding carboxylic acids is 3. The molecule has 18 heteroatoms. The Balaban J connectivity index is 0.000000582. The first kappa shape index (κ1) is 51.7. The van der Waals surface area contributed by atoms with Gasteiger partial charge in [0.25, 0.3) is 0 Å². The summed E-state index contributed by atoms with van der Waals surface area (Å²) in [5.74, 6) is -0.545. The Morgan fingerprint density at radius 2 is 0.867 bits per heavy atom. The second-order valence-corrected chi connectivity index (χ2v) is 12.0. The Labute approximate surface area is 361 Å². The standard InChI is InChI=1S/C22H27NO7.C20H23NO7.Li.H2O/c1-6-16(22(25)29-7-2)21(24)23-17-10-8-14(26-3)12-19(17)30-20-13-15(27-4)9-11-18(20)28-5;1-5-14(20(23)24)19(22)21-15-8-6-12(25-2)10-17(15)28-18-11-13(26-3)7-9-16(18)27-4;;/h8-13,16H,6-7H2,1-5H3,(H,23,24);6-11,14H,5H2,1-4H3,(H,21,22)(H,23,24);;1H2/q;;+1;/p-1. The third kappa shape index (κ3) is 14.2. The van der Waals surface area contributed by atoms with Gasteiger partial charge in [0.1, 0.15) is 34.8 Å². The van der Waals surface area contributed by atoms with Gasteiger partial charge < -0.3 is 63.8 Å². The Bertz CT molecular complexity index is 2030. The number of anilines is 2. The molecule has 4 aromatic carbocycles. The van der Waals surface area contributed by atoms with Crippen molar-refractivity contribution >= 4 is 35.1 Å². The number of ether oxygens (including phenoxy) is 9. The average molecular weight is 831 g/mol. The molecular weight excluding hydrogens is 779 g/mol. The van der Waals surface area contributed by atoms with Crippen molar-refractivity contribution in [1.82, 2.24) is 0 Å². The van der Waals surface area contributed by atoms with Crippen LogP contribution in [0.15, 0.2) is 72.8 Å². The van der Waals surface area contributed by atoms with Crippen LogP contribution in [0.25, 0.3) is 0 Å². The van der Waals surface area contributed by atoms with E-state index in [1.807, 2.05) is 0 Å². The van der Waals surface area contributed by atoms with Crippen molar-refractivity contribution < 1.29 is 91.3 Å². The SMILES string of the molecule is CCC(C(=O)O)C(=O)Nc1ccc(OC)cc1Oc1cc(OC)ccc1OC.CCOC(=O)C(CC)C(=O)Nc1ccc(OC)cc1Oc1cc(OC)ccc1OC.[Li+].[OH-]. The van der Waals surface area contributed by atoms with Crippen LogP contribution in [0.3, 0.4) is 0 Å². The fraction of sp³-hybridized carbons (Fsp3) is 0.333. The molecule has 0 heterocycles. The number of rotatable bonds is 19. The average Bonchev–Trinajstić information content (AvgIpc) is 3.22. The molecule has 0 aliphatic rings. The van der Waals surface area contributed by atoms with Gasteiger partial charge in [-0.05, 0) is 68.3 Å². The summed E-state index contributed by atoms with van der Waals surface area (Å²) in [5, 5.41) is 14.5. The number of nitrogens with one attached hydrogen (secondary N) is 2. The molecule has 0 aliphatic heterocycles. The Morgan fingerprint density at radius 3 is 1.18 bits per heavy atom. The minimum atomic E-state index is -1.19. The van der Waals surface area contributed by atoms with Crippen molar-refractivity contribution in [3.63, 3.8) is 0 Å². The molecule has 0 radical (unpaired) electrons. The summed E-state index contributed by atoms with van der Waals surface area (Å²) in [7, 11) is 9.12. The molecule has 2 amide bonds. The number of benzene rings is 4. The summed E-state index contributed by atoms with van der Waals surface area (Å²) in [4.78, 5) is 48.4. The van der Waals surface area contributed by atoms with Crippen LogP contribution in [0.5, 0.6) is 57.5 Å². The molecule has 2 atom stereocenters. The molecule has 0 aromatic heterocycles. The fourth-order valence-corrected chi connectivity index (χ4v) is 5.21. The minimum absolute atomic E-state index is 0. The van der Waals surface area contributed by atoms with Crippen LogP contribution >= 0.6 is 0 Å². The van der Waals surface area contributed by atoms with E-state index >= 15 is 0 Å². The zero-order valence-corrected chi connectivity index (χ0v) is 35.4. The molecule has 0 bridgehead atoms. The minimum Gasteiger partial charge on any atom is -0.870 e. The first-order valence-corrected chi connectivity index (χ1v) is 18.1. The number of methoxy groups -OCH3 is 6. The van der Waals surface area contributed by atoms with Crippen LogP contribution in [-0.4, -0.2) is 83.6 Å². The van der Waals surface area contributed by atoms with E-state index < -0.39 is 35.6 Å². The molecule has 60 heavy (non-hydrogen) atoms. The van der Waals surface area contributed by atoms with Gasteiger partial charge in [-0.15, -0.1) is 0 Å². The maximum absolute atomic E-state index is 12.7. The van der Waals surface area contributed by atoms with E-state index in [1.54, 1.807) is 101 Å². The molecule has 0 spiro atoms. The normalized spacial score (nSPS) is 10.9. The summed E-state index contributed by atoms with van der Waals surface area (Å²) >= 11 is 0. The molecule has 0 saturated carbocycles. The molecule has 4 rings (SSSR count). The Morgan fingerprint density at radius 1 is 0.517 bits per heavy atom. The zero-order valence-electron chi connectivity index (χ0n) is 35.4. The van der Waals surface area contributed by atoms with Crippen molar-refractivity contribution in [2.45, 2.75) is 33.6 Å². The van der Waals surface area contributed by atoms with E-state index in [0.29, 0.717) is 69.5 Å². The van der Waals surface area contributed by atoms with Crippen LogP contribution < -0.4 is 67.4 Å². The largest absolute Gasteiger partial charge is 1.00 e. The monoisotopic (exact) mass is 830 g/mol. The second-order valence-electron chi connectivity index (χ2n) is 12.0.